The van der Waals surface area contributed by atoms with Crippen molar-refractivity contribution >= 4 is 23.4 Å². The molecule has 0 aliphatic carbocycles. The van der Waals surface area contributed by atoms with Gasteiger partial charge in [-0.3, -0.25) is 9.20 Å². The van der Waals surface area contributed by atoms with Gasteiger partial charge >= 0.3 is 12.1 Å². The number of ether oxygens (including phenoxy) is 1. The molecule has 0 aliphatic heterocycles. The van der Waals surface area contributed by atoms with Crippen LogP contribution in [0.2, 0.25) is 0 Å². The van der Waals surface area contributed by atoms with Crippen LogP contribution in [-0.4, -0.2) is 32.4 Å². The van der Waals surface area contributed by atoms with Crippen LogP contribution < -0.4 is 0 Å². The summed E-state index contributed by atoms with van der Waals surface area (Å²) in [7, 11) is 0. The van der Waals surface area contributed by atoms with Crippen LogP contribution in [0.4, 0.5) is 13.2 Å². The molecule has 0 fully saturated rings. The van der Waals surface area contributed by atoms with Gasteiger partial charge in [0.2, 0.25) is 0 Å². The molecule has 0 atom stereocenters. The maximum absolute atomic E-state index is 12.7. The molecule has 0 radical (unpaired) electrons. The molecule has 0 amide bonds. The third-order valence-corrected chi connectivity index (χ3v) is 3.30. The normalized spacial score (nSPS) is 12.1. The number of hydrogen-bond acceptors (Lipinski definition) is 5. The van der Waals surface area contributed by atoms with Gasteiger partial charge in [-0.25, -0.2) is 0 Å². The summed E-state index contributed by atoms with van der Waals surface area (Å²) in [4.78, 5) is 11.4. The number of nitrogens with zero attached hydrogens (tertiary/aromatic N) is 3. The predicted molar refractivity (Wildman–Crippen MR) is 69.9 cm³/mol. The quantitative estimate of drug-likeness (QED) is 0.641. The van der Waals surface area contributed by atoms with Gasteiger partial charge in [-0.15, -0.1) is 10.2 Å². The molecule has 21 heavy (non-hydrogen) atoms. The van der Waals surface area contributed by atoms with Gasteiger partial charge in [0.1, 0.15) is 0 Å². The number of halogens is 3. The maximum Gasteiger partial charge on any atom is 0.417 e. The van der Waals surface area contributed by atoms with E-state index in [0.717, 1.165) is 24.0 Å². The molecule has 5 nitrogen and oxygen atoms in total. The highest BCUT2D eigenvalue weighted by Crippen LogP contribution is 2.30. The molecule has 0 aliphatic rings. The standard InChI is InChI=1S/C12H12F3N3O2S/c1-7(2)20-10(19)6-21-11-17-16-9-4-3-8(5-18(9)11)12(13,14)15/h3-5,7H,6H2,1-2H3. The smallest absolute Gasteiger partial charge is 0.417 e. The zero-order chi connectivity index (χ0) is 15.6. The van der Waals surface area contributed by atoms with E-state index >= 15 is 0 Å². The van der Waals surface area contributed by atoms with Crippen molar-refractivity contribution < 1.29 is 22.7 Å². The van der Waals surface area contributed by atoms with Crippen LogP contribution in [0, 0.1) is 0 Å². The lowest BCUT2D eigenvalue weighted by Gasteiger charge is -2.08. The Bertz CT molecular complexity index is 655. The molecular weight excluding hydrogens is 307 g/mol. The molecule has 0 saturated carbocycles. The minimum Gasteiger partial charge on any atom is -0.462 e. The lowest BCUT2D eigenvalue weighted by atomic mass is 10.3. The predicted octanol–water partition coefficient (Wildman–Crippen LogP) is 2.79. The van der Waals surface area contributed by atoms with Gasteiger partial charge < -0.3 is 4.74 Å². The van der Waals surface area contributed by atoms with Crippen LogP contribution in [0.5, 0.6) is 0 Å². The topological polar surface area (TPSA) is 56.5 Å². The van der Waals surface area contributed by atoms with Gasteiger partial charge in [-0.1, -0.05) is 11.8 Å². The van der Waals surface area contributed by atoms with Crippen LogP contribution in [0.1, 0.15) is 19.4 Å². The fourth-order valence-electron chi connectivity index (χ4n) is 1.56. The first kappa shape index (κ1) is 15.6. The van der Waals surface area contributed by atoms with Crippen LogP contribution in [-0.2, 0) is 15.7 Å². The average molecular weight is 319 g/mol. The lowest BCUT2D eigenvalue weighted by Crippen LogP contribution is -2.13. The van der Waals surface area contributed by atoms with Gasteiger partial charge in [0.25, 0.3) is 0 Å². The summed E-state index contributed by atoms with van der Waals surface area (Å²) in [6.45, 7) is 3.43. The highest BCUT2D eigenvalue weighted by Gasteiger charge is 2.31. The number of aromatic nitrogens is 3. The SMILES string of the molecule is CC(C)OC(=O)CSc1nnc2ccc(C(F)(F)F)cn12. The van der Waals surface area contributed by atoms with Crippen molar-refractivity contribution in [2.45, 2.75) is 31.3 Å². The summed E-state index contributed by atoms with van der Waals surface area (Å²) in [5, 5.41) is 7.73. The van der Waals surface area contributed by atoms with E-state index in [1.54, 1.807) is 13.8 Å². The second-order valence-corrected chi connectivity index (χ2v) is 5.40. The molecule has 2 rings (SSSR count). The second-order valence-electron chi connectivity index (χ2n) is 4.45. The molecule has 0 unspecified atom stereocenters. The van der Waals surface area contributed by atoms with Crippen molar-refractivity contribution in [1.82, 2.24) is 14.6 Å². The van der Waals surface area contributed by atoms with Crippen LogP contribution in [0.15, 0.2) is 23.5 Å². The molecule has 2 aromatic rings. The molecule has 0 spiro atoms. The van der Waals surface area contributed by atoms with Gasteiger partial charge in [-0.05, 0) is 26.0 Å². The van der Waals surface area contributed by atoms with E-state index in [0.29, 0.717) is 0 Å². The fraction of sp³-hybridized carbons (Fsp3) is 0.417. The Kier molecular flexibility index (Phi) is 4.40. The molecule has 114 valence electrons. The minimum atomic E-state index is -4.45. The molecule has 2 heterocycles. The molecule has 0 N–H and O–H groups in total. The van der Waals surface area contributed by atoms with E-state index in [2.05, 4.69) is 10.2 Å². The number of rotatable bonds is 4. The number of thioether (sulfide) groups is 1. The van der Waals surface area contributed by atoms with E-state index in [9.17, 15) is 18.0 Å². The van der Waals surface area contributed by atoms with Gasteiger partial charge in [0.05, 0.1) is 17.4 Å². The maximum atomic E-state index is 12.7. The summed E-state index contributed by atoms with van der Waals surface area (Å²) in [6, 6.07) is 2.16. The monoisotopic (exact) mass is 319 g/mol. The number of carbonyl (C=O) groups is 1. The Labute approximate surface area is 122 Å². The van der Waals surface area contributed by atoms with Gasteiger partial charge in [0, 0.05) is 6.20 Å². The van der Waals surface area contributed by atoms with E-state index < -0.39 is 17.7 Å². The molecule has 9 heteroatoms. The van der Waals surface area contributed by atoms with Crippen molar-refractivity contribution in [3.63, 3.8) is 0 Å². The number of carbonyl (C=O) groups excluding carboxylic acids is 1. The van der Waals surface area contributed by atoms with E-state index in [-0.39, 0.29) is 22.7 Å². The second kappa shape index (κ2) is 5.92. The fourth-order valence-corrected chi connectivity index (χ4v) is 2.26. The van der Waals surface area contributed by atoms with Crippen LogP contribution in [0.25, 0.3) is 5.65 Å². The third kappa shape index (κ3) is 3.87. The molecule has 0 saturated heterocycles. The number of alkyl halides is 3. The van der Waals surface area contributed by atoms with E-state index in [1.807, 2.05) is 0 Å². The number of esters is 1. The van der Waals surface area contributed by atoms with Gasteiger partial charge in [-0.2, -0.15) is 13.2 Å². The van der Waals surface area contributed by atoms with Crippen LogP contribution >= 0.6 is 11.8 Å². The first-order valence-electron chi connectivity index (χ1n) is 6.01. The Morgan fingerprint density at radius 3 is 2.71 bits per heavy atom. The van der Waals surface area contributed by atoms with Crippen molar-refractivity contribution in [2.24, 2.45) is 0 Å². The highest BCUT2D eigenvalue weighted by atomic mass is 32.2. The molecular formula is C12H12F3N3O2S. The molecule has 0 bridgehead atoms. The summed E-state index contributed by atoms with van der Waals surface area (Å²) < 4.78 is 44.2. The van der Waals surface area contributed by atoms with Gasteiger partial charge in [0.15, 0.2) is 10.8 Å². The lowest BCUT2D eigenvalue weighted by molar-refractivity contribution is -0.144. The summed E-state index contributed by atoms with van der Waals surface area (Å²) >= 11 is 0.973. The Hall–Kier alpha value is -1.77. The summed E-state index contributed by atoms with van der Waals surface area (Å²) in [5.74, 6) is -0.506. The first-order chi connectivity index (χ1) is 9.77. The summed E-state index contributed by atoms with van der Waals surface area (Å²) in [5.41, 5.74) is -0.524. The van der Waals surface area contributed by atoms with Crippen molar-refractivity contribution in [3.8, 4) is 0 Å². The Morgan fingerprint density at radius 2 is 2.10 bits per heavy atom. The van der Waals surface area contributed by atoms with Crippen molar-refractivity contribution in [3.05, 3.63) is 23.9 Å². The third-order valence-electron chi connectivity index (χ3n) is 2.38. The van der Waals surface area contributed by atoms with Crippen molar-refractivity contribution in [2.75, 3.05) is 5.75 Å². The largest absolute Gasteiger partial charge is 0.462 e. The Balaban J connectivity index is 2.19. The van der Waals surface area contributed by atoms with E-state index in [4.69, 9.17) is 4.74 Å². The highest BCUT2D eigenvalue weighted by molar-refractivity contribution is 7.99. The zero-order valence-electron chi connectivity index (χ0n) is 11.2. The molecule has 2 aromatic heterocycles. The minimum absolute atomic E-state index is 0.0464. The number of pyridine rings is 1. The zero-order valence-corrected chi connectivity index (χ0v) is 12.0. The first-order valence-corrected chi connectivity index (χ1v) is 7.00. The number of hydrogen-bond donors (Lipinski definition) is 0. The average Bonchev–Trinajstić information content (AvgIpc) is 2.76. The Morgan fingerprint density at radius 1 is 1.38 bits per heavy atom. The van der Waals surface area contributed by atoms with E-state index in [1.165, 1.54) is 10.5 Å². The summed E-state index contributed by atoms with van der Waals surface area (Å²) in [6.07, 6.45) is -3.78. The molecule has 0 aromatic carbocycles. The number of fused-ring (bicyclic) bond motifs is 1. The van der Waals surface area contributed by atoms with Crippen LogP contribution in [0.3, 0.4) is 0 Å². The van der Waals surface area contributed by atoms with Crippen molar-refractivity contribution in [1.29, 1.82) is 0 Å².